The van der Waals surface area contributed by atoms with E-state index in [1.54, 1.807) is 0 Å². The molecule has 2 heterocycles. The van der Waals surface area contributed by atoms with Crippen molar-refractivity contribution in [3.63, 3.8) is 0 Å². The zero-order valence-corrected chi connectivity index (χ0v) is 15.5. The number of carbonyl (C=O) groups is 1. The summed E-state index contributed by atoms with van der Waals surface area (Å²) < 4.78 is 5.56. The second-order valence-corrected chi connectivity index (χ2v) is 8.18. The van der Waals surface area contributed by atoms with Crippen LogP contribution in [0.4, 0.5) is 4.79 Å². The predicted octanol–water partition coefficient (Wildman–Crippen LogP) is 3.54. The first kappa shape index (κ1) is 17.9. The summed E-state index contributed by atoms with van der Waals surface area (Å²) in [4.78, 5) is 14.5. The first-order valence-corrected chi connectivity index (χ1v) is 10.2. The van der Waals surface area contributed by atoms with Crippen molar-refractivity contribution >= 4 is 29.4 Å². The predicted molar refractivity (Wildman–Crippen MR) is 100 cm³/mol. The van der Waals surface area contributed by atoms with Crippen LogP contribution < -0.4 is 5.32 Å². The molecule has 0 radical (unpaired) electrons. The molecule has 4 nitrogen and oxygen atoms in total. The molecule has 2 saturated heterocycles. The van der Waals surface area contributed by atoms with Gasteiger partial charge in [-0.05, 0) is 42.7 Å². The Hall–Kier alpha value is -0.910. The van der Waals surface area contributed by atoms with Crippen molar-refractivity contribution in [2.24, 2.45) is 0 Å². The maximum absolute atomic E-state index is 12.6. The maximum atomic E-state index is 12.6. The number of thioether (sulfide) groups is 1. The van der Waals surface area contributed by atoms with Crippen molar-refractivity contribution in [3.8, 4) is 0 Å². The molecular weight excluding hydrogens is 344 g/mol. The van der Waals surface area contributed by atoms with Gasteiger partial charge in [0.25, 0.3) is 0 Å². The van der Waals surface area contributed by atoms with Crippen molar-refractivity contribution in [1.82, 2.24) is 10.2 Å². The molecule has 132 valence electrons. The maximum Gasteiger partial charge on any atom is 0.317 e. The van der Waals surface area contributed by atoms with Gasteiger partial charge >= 0.3 is 6.03 Å². The van der Waals surface area contributed by atoms with Crippen molar-refractivity contribution in [2.45, 2.75) is 24.7 Å². The highest BCUT2D eigenvalue weighted by molar-refractivity contribution is 7.99. The Morgan fingerprint density at radius 2 is 2.12 bits per heavy atom. The van der Waals surface area contributed by atoms with Gasteiger partial charge in [0.2, 0.25) is 0 Å². The third kappa shape index (κ3) is 4.38. The molecular formula is C18H25ClN2O2S. The first-order chi connectivity index (χ1) is 11.7. The summed E-state index contributed by atoms with van der Waals surface area (Å²) in [6.07, 6.45) is 2.89. The molecule has 0 aromatic heterocycles. The van der Waals surface area contributed by atoms with E-state index in [9.17, 15) is 4.79 Å². The molecule has 0 saturated carbocycles. The van der Waals surface area contributed by atoms with Crippen LogP contribution in [0.2, 0.25) is 5.02 Å². The molecule has 1 N–H and O–H groups in total. The van der Waals surface area contributed by atoms with Crippen LogP contribution in [0.15, 0.2) is 24.3 Å². The average molecular weight is 369 g/mol. The monoisotopic (exact) mass is 368 g/mol. The van der Waals surface area contributed by atoms with E-state index in [-0.39, 0.29) is 11.4 Å². The molecule has 2 amide bonds. The highest BCUT2D eigenvalue weighted by atomic mass is 35.5. The number of rotatable bonds is 3. The van der Waals surface area contributed by atoms with Gasteiger partial charge in [-0.1, -0.05) is 23.7 Å². The molecule has 2 aliphatic rings. The van der Waals surface area contributed by atoms with Crippen LogP contribution in [0.25, 0.3) is 0 Å². The molecule has 1 aromatic rings. The molecule has 6 heteroatoms. The van der Waals surface area contributed by atoms with Crippen LogP contribution in [0.5, 0.6) is 0 Å². The lowest BCUT2D eigenvalue weighted by atomic mass is 9.74. The summed E-state index contributed by atoms with van der Waals surface area (Å²) >= 11 is 8.13. The fraction of sp³-hybridized carbons (Fsp3) is 0.611. The number of ether oxygens (including phenoxy) is 1. The molecule has 24 heavy (non-hydrogen) atoms. The van der Waals surface area contributed by atoms with Gasteiger partial charge < -0.3 is 15.0 Å². The lowest BCUT2D eigenvalue weighted by Gasteiger charge is -2.38. The molecule has 3 rings (SSSR count). The Labute approximate surface area is 153 Å². The highest BCUT2D eigenvalue weighted by Crippen LogP contribution is 2.35. The number of nitrogens with one attached hydrogen (secondary N) is 1. The zero-order valence-electron chi connectivity index (χ0n) is 13.9. The molecule has 0 spiro atoms. The van der Waals surface area contributed by atoms with Gasteiger partial charge in [0, 0.05) is 49.0 Å². The normalized spacial score (nSPS) is 21.1. The third-order valence-corrected chi connectivity index (χ3v) is 6.26. The Morgan fingerprint density at radius 1 is 1.29 bits per heavy atom. The molecule has 2 fully saturated rings. The van der Waals surface area contributed by atoms with E-state index in [1.165, 1.54) is 5.56 Å². The van der Waals surface area contributed by atoms with Crippen LogP contribution in [0, 0.1) is 0 Å². The Morgan fingerprint density at radius 3 is 2.92 bits per heavy atom. The lowest BCUT2D eigenvalue weighted by Crippen LogP contribution is -2.49. The van der Waals surface area contributed by atoms with Crippen LogP contribution in [-0.4, -0.2) is 55.3 Å². The number of urea groups is 1. The topological polar surface area (TPSA) is 41.6 Å². The second kappa shape index (κ2) is 8.45. The third-order valence-electron chi connectivity index (χ3n) is 4.97. The number of hydrogen-bond donors (Lipinski definition) is 1. The number of nitrogens with zero attached hydrogens (tertiary/aromatic N) is 1. The van der Waals surface area contributed by atoms with Crippen LogP contribution in [0.1, 0.15) is 24.8 Å². The summed E-state index contributed by atoms with van der Waals surface area (Å²) in [7, 11) is 0. The van der Waals surface area contributed by atoms with Crippen molar-refractivity contribution in [3.05, 3.63) is 34.9 Å². The Balaban J connectivity index is 1.69. The average Bonchev–Trinajstić information content (AvgIpc) is 2.90. The Kier molecular flexibility index (Phi) is 6.31. The summed E-state index contributed by atoms with van der Waals surface area (Å²) in [5, 5.41) is 3.93. The number of benzene rings is 1. The fourth-order valence-electron chi connectivity index (χ4n) is 3.45. The Bertz CT molecular complexity index is 556. The van der Waals surface area contributed by atoms with Crippen LogP contribution in [-0.2, 0) is 10.2 Å². The van der Waals surface area contributed by atoms with E-state index < -0.39 is 0 Å². The van der Waals surface area contributed by atoms with Gasteiger partial charge in [-0.25, -0.2) is 4.79 Å². The fourth-order valence-corrected chi connectivity index (χ4v) is 4.53. The highest BCUT2D eigenvalue weighted by Gasteiger charge is 2.35. The summed E-state index contributed by atoms with van der Waals surface area (Å²) in [5.74, 6) is 2.17. The van der Waals surface area contributed by atoms with Gasteiger partial charge in [-0.2, -0.15) is 11.8 Å². The molecule has 1 aromatic carbocycles. The smallest absolute Gasteiger partial charge is 0.317 e. The molecule has 0 bridgehead atoms. The van der Waals surface area contributed by atoms with Crippen LogP contribution in [0.3, 0.4) is 0 Å². The van der Waals surface area contributed by atoms with Gasteiger partial charge in [-0.3, -0.25) is 0 Å². The summed E-state index contributed by atoms with van der Waals surface area (Å²) in [6, 6.07) is 8.09. The second-order valence-electron chi connectivity index (χ2n) is 6.51. The van der Waals surface area contributed by atoms with Crippen molar-refractivity contribution in [2.75, 3.05) is 44.4 Å². The standard InChI is InChI=1S/C18H25ClN2O2S/c19-16-4-1-3-15(13-16)18(5-9-23-10-6-18)14-20-17(22)21-7-2-11-24-12-8-21/h1,3-4,13H,2,5-12,14H2,(H,20,22). The van der Waals surface area contributed by atoms with Gasteiger partial charge in [0.05, 0.1) is 0 Å². The van der Waals surface area contributed by atoms with E-state index >= 15 is 0 Å². The van der Waals surface area contributed by atoms with Crippen molar-refractivity contribution in [1.29, 1.82) is 0 Å². The quantitative estimate of drug-likeness (QED) is 0.887. The lowest BCUT2D eigenvalue weighted by molar-refractivity contribution is 0.0501. The number of halogens is 1. The molecule has 0 aliphatic carbocycles. The first-order valence-electron chi connectivity index (χ1n) is 8.64. The number of amides is 2. The van der Waals surface area contributed by atoms with E-state index in [0.29, 0.717) is 6.54 Å². The summed E-state index contributed by atoms with van der Waals surface area (Å²) in [6.45, 7) is 3.78. The zero-order chi connectivity index (χ0) is 16.8. The van der Waals surface area contributed by atoms with E-state index in [1.807, 2.05) is 34.9 Å². The molecule has 2 aliphatic heterocycles. The minimum Gasteiger partial charge on any atom is -0.381 e. The SMILES string of the molecule is O=C(NCC1(c2cccc(Cl)c2)CCOCC1)N1CCCSCC1. The van der Waals surface area contributed by atoms with Crippen LogP contribution >= 0.6 is 23.4 Å². The van der Waals surface area contributed by atoms with Gasteiger partial charge in [-0.15, -0.1) is 0 Å². The number of hydrogen-bond acceptors (Lipinski definition) is 3. The van der Waals surface area contributed by atoms with Gasteiger partial charge in [0.15, 0.2) is 0 Å². The largest absolute Gasteiger partial charge is 0.381 e. The molecule has 0 unspecified atom stereocenters. The van der Waals surface area contributed by atoms with Crippen molar-refractivity contribution < 1.29 is 9.53 Å². The van der Waals surface area contributed by atoms with E-state index in [4.69, 9.17) is 16.3 Å². The van der Waals surface area contributed by atoms with E-state index in [2.05, 4.69) is 11.4 Å². The summed E-state index contributed by atoms with van der Waals surface area (Å²) in [5.41, 5.74) is 1.12. The minimum absolute atomic E-state index is 0.0606. The molecule has 0 atom stereocenters. The number of carbonyl (C=O) groups excluding carboxylic acids is 1. The van der Waals surface area contributed by atoms with Gasteiger partial charge in [0.1, 0.15) is 0 Å². The van der Waals surface area contributed by atoms with E-state index in [0.717, 1.165) is 62.1 Å². The minimum atomic E-state index is -0.0839.